The predicted octanol–water partition coefficient (Wildman–Crippen LogP) is 1.92. The van der Waals surface area contributed by atoms with Crippen LogP contribution in [0.4, 0.5) is 0 Å². The van der Waals surface area contributed by atoms with Gasteiger partial charge in [-0.05, 0) is 26.7 Å². The van der Waals surface area contributed by atoms with Crippen LogP contribution in [0.1, 0.15) is 36.5 Å². The number of hydrogen-bond acceptors (Lipinski definition) is 5. The first-order valence-electron chi connectivity index (χ1n) is 6.91. The molecule has 1 fully saturated rings. The maximum absolute atomic E-state index is 12.7. The lowest BCUT2D eigenvalue weighted by Crippen LogP contribution is -2.43. The van der Waals surface area contributed by atoms with E-state index in [0.29, 0.717) is 6.54 Å². The Balaban J connectivity index is 2.20. The fourth-order valence-electron chi connectivity index (χ4n) is 2.54. The first-order chi connectivity index (χ1) is 9.86. The Bertz CT molecular complexity index is 635. The molecule has 0 bridgehead atoms. The minimum absolute atomic E-state index is 0.181. The summed E-state index contributed by atoms with van der Waals surface area (Å²) in [6.45, 7) is 4.35. The summed E-state index contributed by atoms with van der Waals surface area (Å²) in [6, 6.07) is 1.89. The van der Waals surface area contributed by atoms with Gasteiger partial charge in [-0.3, -0.25) is 0 Å². The van der Waals surface area contributed by atoms with E-state index in [0.717, 1.165) is 23.5 Å². The highest BCUT2D eigenvalue weighted by atomic mass is 32.2. The van der Waals surface area contributed by atoms with Crippen LogP contribution in [0.3, 0.4) is 0 Å². The van der Waals surface area contributed by atoms with Crippen molar-refractivity contribution in [3.05, 3.63) is 16.1 Å². The van der Waals surface area contributed by atoms with Crippen molar-refractivity contribution >= 4 is 21.5 Å². The highest BCUT2D eigenvalue weighted by molar-refractivity contribution is 7.86. The van der Waals surface area contributed by atoms with Crippen LogP contribution in [0, 0.1) is 24.2 Å². The molecule has 2 rings (SSSR count). The minimum atomic E-state index is -3.55. The average molecular weight is 328 g/mol. The fraction of sp³-hybridized carbons (Fsp3) is 0.692. The molecule has 0 saturated carbocycles. The molecule has 8 heteroatoms. The van der Waals surface area contributed by atoms with Crippen molar-refractivity contribution in [2.75, 3.05) is 20.1 Å². The lowest BCUT2D eigenvalue weighted by Gasteiger charge is -2.28. The first kappa shape index (κ1) is 16.4. The normalized spacial score (nSPS) is 21.6. The number of thiazole rings is 1. The highest BCUT2D eigenvalue weighted by Gasteiger charge is 2.38. The molecule has 1 aliphatic heterocycles. The van der Waals surface area contributed by atoms with E-state index in [9.17, 15) is 8.42 Å². The number of nitriles is 1. The molecule has 0 aliphatic carbocycles. The van der Waals surface area contributed by atoms with E-state index in [2.05, 4.69) is 11.1 Å². The number of aromatic nitrogens is 1. The topological polar surface area (TPSA) is 77.3 Å². The van der Waals surface area contributed by atoms with Gasteiger partial charge < -0.3 is 0 Å². The Morgan fingerprint density at radius 3 is 2.95 bits per heavy atom. The summed E-state index contributed by atoms with van der Waals surface area (Å²) < 4.78 is 28.2. The second kappa shape index (κ2) is 6.40. The lowest BCUT2D eigenvalue weighted by atomic mass is 10.2. The standard InChI is InChI=1S/C13H20N4O2S2/c1-10(7-14)8-16(3)21(18,19)17-6-4-5-13(17)12-9-20-11(2)15-12/h9-10,13H,4-6,8H2,1-3H3/t10-,13-/m1/s1. The van der Waals surface area contributed by atoms with E-state index in [1.165, 1.54) is 27.0 Å². The third-order valence-corrected chi connectivity index (χ3v) is 6.38. The molecule has 2 atom stereocenters. The molecule has 2 heterocycles. The second-order valence-electron chi connectivity index (χ2n) is 5.38. The van der Waals surface area contributed by atoms with Crippen molar-refractivity contribution < 1.29 is 8.42 Å². The van der Waals surface area contributed by atoms with Crippen LogP contribution in [0.5, 0.6) is 0 Å². The van der Waals surface area contributed by atoms with Crippen LogP contribution < -0.4 is 0 Å². The summed E-state index contributed by atoms with van der Waals surface area (Å²) in [7, 11) is -2.02. The van der Waals surface area contributed by atoms with Gasteiger partial charge in [0.2, 0.25) is 0 Å². The summed E-state index contributed by atoms with van der Waals surface area (Å²) in [5.74, 6) is -0.327. The molecule has 6 nitrogen and oxygen atoms in total. The highest BCUT2D eigenvalue weighted by Crippen LogP contribution is 2.35. The minimum Gasteiger partial charge on any atom is -0.245 e. The predicted molar refractivity (Wildman–Crippen MR) is 81.9 cm³/mol. The zero-order valence-electron chi connectivity index (χ0n) is 12.5. The average Bonchev–Trinajstić information content (AvgIpc) is 3.06. The SMILES string of the molecule is Cc1nc([C@H]2CCCN2S(=O)(=O)N(C)C[C@H](C)C#N)cs1. The van der Waals surface area contributed by atoms with Gasteiger partial charge in [0.1, 0.15) is 0 Å². The van der Waals surface area contributed by atoms with Gasteiger partial charge in [-0.15, -0.1) is 11.3 Å². The Kier molecular flexibility index (Phi) is 4.99. The number of aryl methyl sites for hydroxylation is 1. The van der Waals surface area contributed by atoms with E-state index >= 15 is 0 Å². The molecule has 0 N–H and O–H groups in total. The molecule has 1 saturated heterocycles. The summed E-state index contributed by atoms with van der Waals surface area (Å²) in [5.41, 5.74) is 0.834. The van der Waals surface area contributed by atoms with Crippen molar-refractivity contribution in [2.24, 2.45) is 5.92 Å². The summed E-state index contributed by atoms with van der Waals surface area (Å²) in [6.07, 6.45) is 1.63. The number of hydrogen-bond donors (Lipinski definition) is 0. The molecule has 1 aromatic heterocycles. The molecule has 1 aliphatic rings. The van der Waals surface area contributed by atoms with Crippen LogP contribution in [0.15, 0.2) is 5.38 Å². The second-order valence-corrected chi connectivity index (χ2v) is 8.43. The molecule has 0 amide bonds. The zero-order valence-corrected chi connectivity index (χ0v) is 14.1. The van der Waals surface area contributed by atoms with E-state index < -0.39 is 10.2 Å². The van der Waals surface area contributed by atoms with Crippen molar-refractivity contribution in [2.45, 2.75) is 32.7 Å². The molecule has 0 unspecified atom stereocenters. The van der Waals surface area contributed by atoms with Crippen LogP contribution in [-0.4, -0.2) is 42.1 Å². The maximum Gasteiger partial charge on any atom is 0.282 e. The molecule has 21 heavy (non-hydrogen) atoms. The van der Waals surface area contributed by atoms with Crippen LogP contribution >= 0.6 is 11.3 Å². The van der Waals surface area contributed by atoms with Gasteiger partial charge >= 0.3 is 0 Å². The first-order valence-corrected chi connectivity index (χ1v) is 9.18. The van der Waals surface area contributed by atoms with Crippen LogP contribution in [-0.2, 0) is 10.2 Å². The fourth-order valence-corrected chi connectivity index (χ4v) is 4.87. The lowest BCUT2D eigenvalue weighted by molar-refractivity contribution is 0.336. The smallest absolute Gasteiger partial charge is 0.245 e. The zero-order chi connectivity index (χ0) is 15.6. The van der Waals surface area contributed by atoms with Gasteiger partial charge in [-0.1, -0.05) is 0 Å². The van der Waals surface area contributed by atoms with Crippen LogP contribution in [0.2, 0.25) is 0 Å². The van der Waals surface area contributed by atoms with E-state index in [1.54, 1.807) is 6.92 Å². The van der Waals surface area contributed by atoms with Crippen molar-refractivity contribution in [1.82, 2.24) is 13.6 Å². The third kappa shape index (κ3) is 3.43. The Hall–Kier alpha value is -1.01. The molecule has 0 radical (unpaired) electrons. The van der Waals surface area contributed by atoms with Crippen molar-refractivity contribution in [3.63, 3.8) is 0 Å². The Morgan fingerprint density at radius 1 is 1.67 bits per heavy atom. The van der Waals surface area contributed by atoms with Crippen molar-refractivity contribution in [1.29, 1.82) is 5.26 Å². The molecule has 0 spiro atoms. The number of rotatable bonds is 5. The van der Waals surface area contributed by atoms with Crippen LogP contribution in [0.25, 0.3) is 0 Å². The monoisotopic (exact) mass is 328 g/mol. The van der Waals surface area contributed by atoms with Gasteiger partial charge in [-0.25, -0.2) is 4.98 Å². The third-order valence-electron chi connectivity index (χ3n) is 3.62. The summed E-state index contributed by atoms with van der Waals surface area (Å²) >= 11 is 1.54. The Labute approximate surface area is 130 Å². The van der Waals surface area contributed by atoms with Crippen molar-refractivity contribution in [3.8, 4) is 6.07 Å². The van der Waals surface area contributed by atoms with Gasteiger partial charge in [0.05, 0.1) is 28.7 Å². The quantitative estimate of drug-likeness (QED) is 0.827. The molecule has 1 aromatic rings. The molecular weight excluding hydrogens is 308 g/mol. The maximum atomic E-state index is 12.7. The van der Waals surface area contributed by atoms with Gasteiger partial charge in [0.15, 0.2) is 0 Å². The van der Waals surface area contributed by atoms with E-state index in [4.69, 9.17) is 5.26 Å². The van der Waals surface area contributed by atoms with Gasteiger partial charge in [-0.2, -0.15) is 22.3 Å². The molecule has 116 valence electrons. The van der Waals surface area contributed by atoms with Gasteiger partial charge in [0, 0.05) is 25.5 Å². The summed E-state index contributed by atoms with van der Waals surface area (Å²) in [5, 5.41) is 11.7. The molecular formula is C13H20N4O2S2. The summed E-state index contributed by atoms with van der Waals surface area (Å²) in [4.78, 5) is 4.43. The molecule has 0 aromatic carbocycles. The largest absolute Gasteiger partial charge is 0.282 e. The Morgan fingerprint density at radius 2 is 2.38 bits per heavy atom. The van der Waals surface area contributed by atoms with E-state index in [-0.39, 0.29) is 18.5 Å². The van der Waals surface area contributed by atoms with E-state index in [1.807, 2.05) is 12.3 Å². The number of nitrogens with zero attached hydrogens (tertiary/aromatic N) is 4. The van der Waals surface area contributed by atoms with Gasteiger partial charge in [0.25, 0.3) is 10.2 Å².